The minimum Gasteiger partial charge on any atom is -0.457 e. The summed E-state index contributed by atoms with van der Waals surface area (Å²) in [6.07, 6.45) is 14.4. The fourth-order valence-corrected chi connectivity index (χ4v) is 2.01. The van der Waals surface area contributed by atoms with Crippen molar-refractivity contribution in [3.05, 3.63) is 12.2 Å². The average Bonchev–Trinajstić information content (AvgIpc) is 2.50. The summed E-state index contributed by atoms with van der Waals surface area (Å²) in [7, 11) is 0. The Morgan fingerprint density at radius 1 is 0.952 bits per heavy atom. The Kier molecular flexibility index (Phi) is 14.9. The normalized spacial score (nSPS) is 11.4. The predicted molar refractivity (Wildman–Crippen MR) is 85.0 cm³/mol. The van der Waals surface area contributed by atoms with Crippen LogP contribution in [0.25, 0.3) is 0 Å². The van der Waals surface area contributed by atoms with Crippen LogP contribution in [0.4, 0.5) is 0 Å². The van der Waals surface area contributed by atoms with Gasteiger partial charge in [0.25, 0.3) is 0 Å². The van der Waals surface area contributed by atoms with Crippen LogP contribution in [0.15, 0.2) is 12.2 Å². The predicted octanol–water partition coefficient (Wildman–Crippen LogP) is 3.36. The van der Waals surface area contributed by atoms with E-state index in [4.69, 9.17) is 14.9 Å². The number of unbranched alkanes of at least 4 members (excludes halogenated alkanes) is 7. The summed E-state index contributed by atoms with van der Waals surface area (Å²) in [6, 6.07) is 0. The third-order valence-corrected chi connectivity index (χ3v) is 3.35. The molecule has 0 amide bonds. The lowest BCUT2D eigenvalue weighted by Gasteiger charge is -2.12. The first-order valence-electron chi connectivity index (χ1n) is 8.30. The minimum atomic E-state index is -0.770. The lowest BCUT2D eigenvalue weighted by molar-refractivity contribution is -0.153. The number of allylic oxidation sites excluding steroid dienone is 2. The van der Waals surface area contributed by atoms with E-state index >= 15 is 0 Å². The standard InChI is InChI=1S/C17H32O4/c1-2-3-4-5-6-7-8-9-10-11-12-13-17(20)21-16(14-18)15-19/h7-8,16,18-19H,2-6,9-15H2,1H3/b8-7-. The number of aliphatic hydroxyl groups is 2. The summed E-state index contributed by atoms with van der Waals surface area (Å²) in [5.41, 5.74) is 0. The van der Waals surface area contributed by atoms with Crippen molar-refractivity contribution in [3.8, 4) is 0 Å². The van der Waals surface area contributed by atoms with Crippen molar-refractivity contribution in [1.82, 2.24) is 0 Å². The molecule has 4 nitrogen and oxygen atoms in total. The molecule has 0 atom stereocenters. The van der Waals surface area contributed by atoms with Crippen LogP contribution in [0.2, 0.25) is 0 Å². The molecule has 21 heavy (non-hydrogen) atoms. The molecule has 0 aromatic rings. The number of ether oxygens (including phenoxy) is 1. The molecule has 124 valence electrons. The van der Waals surface area contributed by atoms with Crippen LogP contribution in [0.1, 0.15) is 71.1 Å². The number of carbonyl (C=O) groups is 1. The SMILES string of the molecule is CCCCCC/C=C\CCCCCC(=O)OC(CO)CO. The second-order valence-electron chi connectivity index (χ2n) is 5.40. The largest absolute Gasteiger partial charge is 0.457 e. The third kappa shape index (κ3) is 13.9. The van der Waals surface area contributed by atoms with Gasteiger partial charge in [0.2, 0.25) is 0 Å². The summed E-state index contributed by atoms with van der Waals surface area (Å²) in [6.45, 7) is 1.57. The van der Waals surface area contributed by atoms with Gasteiger partial charge in [0.1, 0.15) is 6.10 Å². The molecule has 0 spiro atoms. The fraction of sp³-hybridized carbons (Fsp3) is 0.824. The van der Waals surface area contributed by atoms with E-state index in [1.54, 1.807) is 0 Å². The molecule has 0 aromatic heterocycles. The van der Waals surface area contributed by atoms with Gasteiger partial charge in [-0.3, -0.25) is 4.79 Å². The zero-order valence-corrected chi connectivity index (χ0v) is 13.4. The highest BCUT2D eigenvalue weighted by atomic mass is 16.6. The maximum atomic E-state index is 11.4. The van der Waals surface area contributed by atoms with Gasteiger partial charge in [-0.1, -0.05) is 44.8 Å². The van der Waals surface area contributed by atoms with Crippen LogP contribution in [0.3, 0.4) is 0 Å². The zero-order chi connectivity index (χ0) is 15.8. The molecular weight excluding hydrogens is 268 g/mol. The van der Waals surface area contributed by atoms with Gasteiger partial charge in [-0.15, -0.1) is 0 Å². The van der Waals surface area contributed by atoms with Gasteiger partial charge in [0.05, 0.1) is 13.2 Å². The van der Waals surface area contributed by atoms with E-state index in [0.717, 1.165) is 25.7 Å². The van der Waals surface area contributed by atoms with Crippen molar-refractivity contribution in [3.63, 3.8) is 0 Å². The van der Waals surface area contributed by atoms with Gasteiger partial charge >= 0.3 is 5.97 Å². The summed E-state index contributed by atoms with van der Waals surface area (Å²) < 4.78 is 4.89. The minimum absolute atomic E-state index is 0.328. The first-order valence-corrected chi connectivity index (χ1v) is 8.30. The molecule has 4 heteroatoms. The van der Waals surface area contributed by atoms with Crippen LogP contribution in [0.5, 0.6) is 0 Å². The van der Waals surface area contributed by atoms with Gasteiger partial charge in [0.15, 0.2) is 0 Å². The summed E-state index contributed by atoms with van der Waals surface area (Å²) in [5, 5.41) is 17.6. The van der Waals surface area contributed by atoms with Crippen LogP contribution < -0.4 is 0 Å². The molecular formula is C17H32O4. The Bertz CT molecular complexity index is 260. The average molecular weight is 300 g/mol. The Labute approximate surface area is 129 Å². The zero-order valence-electron chi connectivity index (χ0n) is 13.4. The van der Waals surface area contributed by atoms with E-state index in [-0.39, 0.29) is 19.2 Å². The molecule has 0 saturated carbocycles. The summed E-state index contributed by atoms with van der Waals surface area (Å²) in [4.78, 5) is 11.4. The molecule has 2 N–H and O–H groups in total. The van der Waals surface area contributed by atoms with Crippen LogP contribution in [-0.2, 0) is 9.53 Å². The molecule has 0 unspecified atom stereocenters. The van der Waals surface area contributed by atoms with Gasteiger partial charge in [-0.2, -0.15) is 0 Å². The highest BCUT2D eigenvalue weighted by Gasteiger charge is 2.11. The van der Waals surface area contributed by atoms with Crippen LogP contribution >= 0.6 is 0 Å². The van der Waals surface area contributed by atoms with E-state index in [1.807, 2.05) is 0 Å². The summed E-state index contributed by atoms with van der Waals surface area (Å²) in [5.74, 6) is -0.338. The van der Waals surface area contributed by atoms with Crippen molar-refractivity contribution in [2.45, 2.75) is 77.2 Å². The number of carbonyl (C=O) groups excluding carboxylic acids is 1. The first-order chi connectivity index (χ1) is 10.2. The Hall–Kier alpha value is -0.870. The van der Waals surface area contributed by atoms with E-state index in [1.165, 1.54) is 32.1 Å². The van der Waals surface area contributed by atoms with Crippen LogP contribution in [0, 0.1) is 0 Å². The number of aliphatic hydroxyl groups excluding tert-OH is 2. The van der Waals surface area contributed by atoms with Crippen molar-refractivity contribution in [1.29, 1.82) is 0 Å². The monoisotopic (exact) mass is 300 g/mol. The van der Waals surface area contributed by atoms with Crippen LogP contribution in [-0.4, -0.2) is 35.5 Å². The molecule has 0 aliphatic carbocycles. The van der Waals surface area contributed by atoms with E-state index in [2.05, 4.69) is 19.1 Å². The molecule has 0 bridgehead atoms. The molecule has 0 heterocycles. The summed E-state index contributed by atoms with van der Waals surface area (Å²) >= 11 is 0. The number of hydrogen-bond donors (Lipinski definition) is 2. The van der Waals surface area contributed by atoms with Gasteiger partial charge in [-0.05, 0) is 32.1 Å². The molecule has 0 aliphatic rings. The smallest absolute Gasteiger partial charge is 0.306 e. The molecule has 0 saturated heterocycles. The molecule has 0 aliphatic heterocycles. The molecule has 0 radical (unpaired) electrons. The quantitative estimate of drug-likeness (QED) is 0.293. The topological polar surface area (TPSA) is 66.8 Å². The van der Waals surface area contributed by atoms with Gasteiger partial charge < -0.3 is 14.9 Å². The van der Waals surface area contributed by atoms with E-state index in [0.29, 0.717) is 6.42 Å². The van der Waals surface area contributed by atoms with Gasteiger partial charge in [-0.25, -0.2) is 0 Å². The molecule has 0 fully saturated rings. The van der Waals surface area contributed by atoms with E-state index < -0.39 is 6.10 Å². The second kappa shape index (κ2) is 15.5. The number of rotatable bonds is 14. The lowest BCUT2D eigenvalue weighted by atomic mass is 10.1. The number of esters is 1. The number of hydrogen-bond acceptors (Lipinski definition) is 4. The van der Waals surface area contributed by atoms with E-state index in [9.17, 15) is 4.79 Å². The maximum absolute atomic E-state index is 11.4. The fourth-order valence-electron chi connectivity index (χ4n) is 2.01. The third-order valence-electron chi connectivity index (χ3n) is 3.35. The lowest BCUT2D eigenvalue weighted by Crippen LogP contribution is -2.25. The van der Waals surface area contributed by atoms with Crippen molar-refractivity contribution in [2.75, 3.05) is 13.2 Å². The highest BCUT2D eigenvalue weighted by molar-refractivity contribution is 5.69. The maximum Gasteiger partial charge on any atom is 0.306 e. The second-order valence-corrected chi connectivity index (χ2v) is 5.40. The molecule has 0 aromatic carbocycles. The first kappa shape index (κ1) is 20.1. The van der Waals surface area contributed by atoms with Crippen molar-refractivity contribution in [2.24, 2.45) is 0 Å². The van der Waals surface area contributed by atoms with Crippen molar-refractivity contribution >= 4 is 5.97 Å². The van der Waals surface area contributed by atoms with Gasteiger partial charge in [0, 0.05) is 6.42 Å². The highest BCUT2D eigenvalue weighted by Crippen LogP contribution is 2.07. The van der Waals surface area contributed by atoms with Crippen molar-refractivity contribution < 1.29 is 19.7 Å². The Balaban J connectivity index is 3.35. The Morgan fingerprint density at radius 3 is 2.05 bits per heavy atom. The Morgan fingerprint density at radius 2 is 1.52 bits per heavy atom. The molecule has 0 rings (SSSR count).